The summed E-state index contributed by atoms with van der Waals surface area (Å²) in [5.41, 5.74) is 1.15. The molecule has 1 N–H and O–H groups in total. The van der Waals surface area contributed by atoms with E-state index in [9.17, 15) is 0 Å². The molecular weight excluding hydrogens is 228 g/mol. The Morgan fingerprint density at radius 1 is 1.54 bits per heavy atom. The highest BCUT2D eigenvalue weighted by molar-refractivity contribution is 9.10. The highest BCUT2D eigenvalue weighted by atomic mass is 79.9. The Kier molecular flexibility index (Phi) is 2.36. The molecule has 3 heteroatoms. The molecule has 1 aliphatic heterocycles. The molecular formula is C10H11BrN2. The van der Waals surface area contributed by atoms with Crippen LogP contribution in [0.1, 0.15) is 12.5 Å². The molecule has 0 aliphatic carbocycles. The van der Waals surface area contributed by atoms with Crippen molar-refractivity contribution in [1.82, 2.24) is 5.32 Å². The zero-order valence-corrected chi connectivity index (χ0v) is 9.01. The van der Waals surface area contributed by atoms with Crippen molar-refractivity contribution in [2.75, 3.05) is 6.54 Å². The summed E-state index contributed by atoms with van der Waals surface area (Å²) in [6.07, 6.45) is 0. The lowest BCUT2D eigenvalue weighted by Gasteiger charge is -2.05. The lowest BCUT2D eigenvalue weighted by Crippen LogP contribution is -2.27. The third-order valence-electron chi connectivity index (χ3n) is 2.00. The van der Waals surface area contributed by atoms with Crippen molar-refractivity contribution in [2.45, 2.75) is 13.0 Å². The Balaban J connectivity index is 2.26. The molecule has 1 unspecified atom stereocenters. The first-order valence-electron chi connectivity index (χ1n) is 4.32. The first kappa shape index (κ1) is 8.75. The predicted octanol–water partition coefficient (Wildman–Crippen LogP) is 2.19. The van der Waals surface area contributed by atoms with Gasteiger partial charge >= 0.3 is 0 Å². The fraction of sp³-hybridized carbons (Fsp3) is 0.300. The van der Waals surface area contributed by atoms with Crippen molar-refractivity contribution < 1.29 is 0 Å². The normalized spacial score (nSPS) is 21.1. The van der Waals surface area contributed by atoms with Crippen molar-refractivity contribution in [2.24, 2.45) is 4.99 Å². The van der Waals surface area contributed by atoms with Gasteiger partial charge in [-0.1, -0.05) is 28.1 Å². The standard InChI is InChI=1S/C10H11BrN2/c1-7-6-12-10(13-7)8-3-2-4-9(11)5-8/h2-5,7H,6H2,1H3,(H,12,13). The molecule has 0 bridgehead atoms. The molecule has 0 radical (unpaired) electrons. The Labute approximate surface area is 86.2 Å². The maximum atomic E-state index is 4.41. The molecule has 0 aromatic heterocycles. The zero-order valence-electron chi connectivity index (χ0n) is 7.42. The van der Waals surface area contributed by atoms with Gasteiger partial charge in [-0.05, 0) is 19.1 Å². The first-order chi connectivity index (χ1) is 6.25. The smallest absolute Gasteiger partial charge is 0.128 e. The topological polar surface area (TPSA) is 24.4 Å². The molecule has 1 atom stereocenters. The molecule has 1 aromatic rings. The molecule has 2 nitrogen and oxygen atoms in total. The van der Waals surface area contributed by atoms with Crippen LogP contribution in [0.2, 0.25) is 0 Å². The van der Waals surface area contributed by atoms with E-state index in [1.165, 1.54) is 0 Å². The van der Waals surface area contributed by atoms with Gasteiger partial charge in [0.15, 0.2) is 0 Å². The van der Waals surface area contributed by atoms with Gasteiger partial charge in [0.1, 0.15) is 5.84 Å². The minimum Gasteiger partial charge on any atom is -0.366 e. The number of nitrogens with zero attached hydrogens (tertiary/aromatic N) is 1. The summed E-state index contributed by atoms with van der Waals surface area (Å²) >= 11 is 3.44. The third kappa shape index (κ3) is 1.91. The fourth-order valence-electron chi connectivity index (χ4n) is 1.36. The second kappa shape index (κ2) is 3.50. The summed E-state index contributed by atoms with van der Waals surface area (Å²) < 4.78 is 1.09. The van der Waals surface area contributed by atoms with Gasteiger partial charge in [-0.3, -0.25) is 4.99 Å². The number of hydrogen-bond acceptors (Lipinski definition) is 2. The Bertz CT molecular complexity index is 347. The highest BCUT2D eigenvalue weighted by Gasteiger charge is 2.13. The van der Waals surface area contributed by atoms with E-state index in [0.717, 1.165) is 22.4 Å². The monoisotopic (exact) mass is 238 g/mol. The van der Waals surface area contributed by atoms with E-state index in [0.29, 0.717) is 6.04 Å². The predicted molar refractivity (Wildman–Crippen MR) is 58.1 cm³/mol. The molecule has 1 aromatic carbocycles. The van der Waals surface area contributed by atoms with E-state index < -0.39 is 0 Å². The van der Waals surface area contributed by atoms with E-state index in [-0.39, 0.29) is 0 Å². The van der Waals surface area contributed by atoms with Crippen molar-refractivity contribution in [1.29, 1.82) is 0 Å². The summed E-state index contributed by atoms with van der Waals surface area (Å²) in [5, 5.41) is 3.33. The fourth-order valence-corrected chi connectivity index (χ4v) is 1.76. The highest BCUT2D eigenvalue weighted by Crippen LogP contribution is 2.13. The van der Waals surface area contributed by atoms with Gasteiger partial charge in [-0.2, -0.15) is 0 Å². The van der Waals surface area contributed by atoms with Crippen LogP contribution in [0.5, 0.6) is 0 Å². The minimum absolute atomic E-state index is 0.467. The summed E-state index contributed by atoms with van der Waals surface area (Å²) in [6.45, 7) is 3.01. The zero-order chi connectivity index (χ0) is 9.26. The average Bonchev–Trinajstić information content (AvgIpc) is 2.52. The minimum atomic E-state index is 0.467. The molecule has 68 valence electrons. The quantitative estimate of drug-likeness (QED) is 0.798. The summed E-state index contributed by atoms with van der Waals surface area (Å²) in [5.74, 6) is 1.01. The number of hydrogen-bond donors (Lipinski definition) is 1. The lowest BCUT2D eigenvalue weighted by atomic mass is 10.2. The van der Waals surface area contributed by atoms with Crippen LogP contribution >= 0.6 is 15.9 Å². The van der Waals surface area contributed by atoms with Crippen molar-refractivity contribution >= 4 is 21.8 Å². The van der Waals surface area contributed by atoms with E-state index in [2.05, 4.69) is 45.3 Å². The lowest BCUT2D eigenvalue weighted by molar-refractivity contribution is 0.726. The van der Waals surface area contributed by atoms with E-state index in [4.69, 9.17) is 0 Å². The molecule has 0 saturated heterocycles. The van der Waals surface area contributed by atoms with Crippen LogP contribution in [0, 0.1) is 0 Å². The number of amidine groups is 1. The van der Waals surface area contributed by atoms with Crippen LogP contribution in [0.15, 0.2) is 33.7 Å². The number of rotatable bonds is 1. The van der Waals surface area contributed by atoms with E-state index in [1.54, 1.807) is 0 Å². The SMILES string of the molecule is CC1CN=C(c2cccc(Br)c2)N1. The Morgan fingerprint density at radius 2 is 2.38 bits per heavy atom. The summed E-state index contributed by atoms with van der Waals surface area (Å²) in [4.78, 5) is 4.41. The number of aliphatic imine (C=N–C) groups is 1. The van der Waals surface area contributed by atoms with Gasteiger partial charge in [0.2, 0.25) is 0 Å². The van der Waals surface area contributed by atoms with Crippen LogP contribution in [-0.4, -0.2) is 18.4 Å². The van der Waals surface area contributed by atoms with Crippen LogP contribution in [0.4, 0.5) is 0 Å². The van der Waals surface area contributed by atoms with Crippen LogP contribution in [-0.2, 0) is 0 Å². The largest absolute Gasteiger partial charge is 0.366 e. The summed E-state index contributed by atoms with van der Waals surface area (Å²) in [6, 6.07) is 8.64. The first-order valence-corrected chi connectivity index (χ1v) is 5.12. The third-order valence-corrected chi connectivity index (χ3v) is 2.50. The molecule has 2 rings (SSSR count). The second-order valence-corrected chi connectivity index (χ2v) is 4.16. The van der Waals surface area contributed by atoms with Gasteiger partial charge in [-0.15, -0.1) is 0 Å². The molecule has 0 spiro atoms. The van der Waals surface area contributed by atoms with Crippen molar-refractivity contribution in [3.8, 4) is 0 Å². The molecule has 13 heavy (non-hydrogen) atoms. The summed E-state index contributed by atoms with van der Waals surface area (Å²) in [7, 11) is 0. The molecule has 0 fully saturated rings. The number of nitrogens with one attached hydrogen (secondary N) is 1. The maximum absolute atomic E-state index is 4.41. The van der Waals surface area contributed by atoms with Crippen LogP contribution in [0.3, 0.4) is 0 Å². The number of benzene rings is 1. The molecule has 1 aliphatic rings. The Hall–Kier alpha value is -0.830. The van der Waals surface area contributed by atoms with Gasteiger partial charge in [0.05, 0.1) is 6.54 Å². The van der Waals surface area contributed by atoms with E-state index in [1.807, 2.05) is 12.1 Å². The van der Waals surface area contributed by atoms with Crippen molar-refractivity contribution in [3.05, 3.63) is 34.3 Å². The maximum Gasteiger partial charge on any atom is 0.128 e. The van der Waals surface area contributed by atoms with Gasteiger partial charge < -0.3 is 5.32 Å². The molecule has 1 heterocycles. The van der Waals surface area contributed by atoms with Crippen LogP contribution in [0.25, 0.3) is 0 Å². The number of halogens is 1. The second-order valence-electron chi connectivity index (χ2n) is 3.25. The van der Waals surface area contributed by atoms with Gasteiger partial charge in [0, 0.05) is 16.1 Å². The Morgan fingerprint density at radius 3 is 3.00 bits per heavy atom. The van der Waals surface area contributed by atoms with Gasteiger partial charge in [0.25, 0.3) is 0 Å². The molecule has 0 saturated carbocycles. The van der Waals surface area contributed by atoms with Crippen molar-refractivity contribution in [3.63, 3.8) is 0 Å². The van der Waals surface area contributed by atoms with Crippen LogP contribution < -0.4 is 5.32 Å². The molecule has 0 amide bonds. The van der Waals surface area contributed by atoms with E-state index >= 15 is 0 Å². The average molecular weight is 239 g/mol. The van der Waals surface area contributed by atoms with Gasteiger partial charge in [-0.25, -0.2) is 0 Å².